The third-order valence-corrected chi connectivity index (χ3v) is 7.72. The maximum Gasteiger partial charge on any atom is 0.339 e. The van der Waals surface area contributed by atoms with E-state index >= 15 is 0 Å². The van der Waals surface area contributed by atoms with E-state index in [4.69, 9.17) is 52.2 Å². The summed E-state index contributed by atoms with van der Waals surface area (Å²) in [5.74, 6) is -8.75. The van der Waals surface area contributed by atoms with Gasteiger partial charge < -0.3 is 47.4 Å². The Morgan fingerprint density at radius 2 is 0.981 bits per heavy atom. The molecular weight excluding hydrogens is 730 g/mol. The molecule has 2 fully saturated rings. The van der Waals surface area contributed by atoms with Crippen LogP contribution in [0.5, 0.6) is 0 Å². The second-order valence-corrected chi connectivity index (χ2v) is 11.8. The van der Waals surface area contributed by atoms with Crippen LogP contribution in [0.2, 0.25) is 0 Å². The van der Waals surface area contributed by atoms with Crippen LogP contribution in [-0.2, 0) is 85.8 Å². The predicted octanol–water partition coefficient (Wildman–Crippen LogP) is -0.556. The Morgan fingerprint density at radius 1 is 0.574 bits per heavy atom. The van der Waals surface area contributed by atoms with E-state index in [1.165, 1.54) is 24.3 Å². The fraction of sp³-hybridized carbons (Fsp3) is 0.545. The number of hydrogen-bond acceptors (Lipinski definition) is 20. The monoisotopic (exact) mass is 767 g/mol. The van der Waals surface area contributed by atoms with E-state index < -0.39 is 122 Å². The Morgan fingerprint density at radius 3 is 1.44 bits per heavy atom. The number of nitrogens with zero attached hydrogens (tertiary/aromatic N) is 1. The molecule has 2 amide bonds. The second kappa shape index (κ2) is 17.5. The Kier molecular flexibility index (Phi) is 13.4. The molecule has 3 heterocycles. The van der Waals surface area contributed by atoms with Gasteiger partial charge in [-0.25, -0.2) is 9.63 Å². The Labute approximate surface area is 306 Å². The van der Waals surface area contributed by atoms with Crippen molar-refractivity contribution in [3.63, 3.8) is 0 Å². The number of fused-ring (bicyclic) bond motifs is 1. The third kappa shape index (κ3) is 9.53. The summed E-state index contributed by atoms with van der Waals surface area (Å²) >= 11 is 0. The maximum absolute atomic E-state index is 13.2. The molecule has 2 unspecified atom stereocenters. The molecule has 3 aliphatic rings. The number of esters is 7. The molecule has 0 bridgehead atoms. The summed E-state index contributed by atoms with van der Waals surface area (Å²) in [6, 6.07) is 5.72. The van der Waals surface area contributed by atoms with Crippen molar-refractivity contribution >= 4 is 53.6 Å². The SMILES string of the molecule is COC(=O)C1OC(OC[C@H]2O[C@@H](ON3C(=O)c4ccccc4C3=O)[C@H](OC(C)=O)[C@@H](OC(C)=O)[C@H]2OC(C)=O)[C@H](OC(C)=O)[C@@H](OC(C)=O)[C@@H]1OC(C)=O. The smallest absolute Gasteiger partial charge is 0.339 e. The van der Waals surface area contributed by atoms with Crippen molar-refractivity contribution in [3.05, 3.63) is 35.4 Å². The highest BCUT2D eigenvalue weighted by atomic mass is 16.8. The van der Waals surface area contributed by atoms with Crippen LogP contribution < -0.4 is 0 Å². The number of rotatable bonds is 12. The fourth-order valence-corrected chi connectivity index (χ4v) is 5.84. The lowest BCUT2D eigenvalue weighted by Crippen LogP contribution is -2.65. The Bertz CT molecular complexity index is 1640. The van der Waals surface area contributed by atoms with Crippen molar-refractivity contribution in [2.75, 3.05) is 13.7 Å². The lowest BCUT2D eigenvalue weighted by atomic mass is 9.97. The predicted molar refractivity (Wildman–Crippen MR) is 167 cm³/mol. The number of hydroxylamine groups is 2. The van der Waals surface area contributed by atoms with Crippen molar-refractivity contribution in [2.24, 2.45) is 0 Å². The van der Waals surface area contributed by atoms with E-state index in [0.29, 0.717) is 5.06 Å². The van der Waals surface area contributed by atoms with Gasteiger partial charge in [0.15, 0.2) is 49.0 Å². The molecule has 54 heavy (non-hydrogen) atoms. The molecule has 0 aliphatic carbocycles. The lowest BCUT2D eigenvalue weighted by molar-refractivity contribution is -0.352. The van der Waals surface area contributed by atoms with Crippen LogP contribution in [0.25, 0.3) is 0 Å². The molecule has 0 N–H and O–H groups in total. The highest BCUT2D eigenvalue weighted by Crippen LogP contribution is 2.35. The van der Waals surface area contributed by atoms with Gasteiger partial charge in [0.2, 0.25) is 6.29 Å². The molecule has 0 saturated carbocycles. The highest BCUT2D eigenvalue weighted by Gasteiger charge is 2.58. The van der Waals surface area contributed by atoms with Crippen molar-refractivity contribution in [1.29, 1.82) is 0 Å². The van der Waals surface area contributed by atoms with Gasteiger partial charge in [0.05, 0.1) is 24.8 Å². The molecular formula is C33H37NO20. The van der Waals surface area contributed by atoms with E-state index in [-0.39, 0.29) is 11.1 Å². The Hall–Kier alpha value is -5.51. The summed E-state index contributed by atoms with van der Waals surface area (Å²) in [6.45, 7) is 5.10. The van der Waals surface area contributed by atoms with Gasteiger partial charge in [-0.15, -0.1) is 5.06 Å². The van der Waals surface area contributed by atoms with Gasteiger partial charge in [-0.2, -0.15) is 0 Å². The van der Waals surface area contributed by atoms with Crippen LogP contribution in [0, 0.1) is 0 Å². The number of benzene rings is 1. The minimum atomic E-state index is -1.96. The first kappa shape index (κ1) is 41.2. The normalized spacial score (nSPS) is 28.9. The molecule has 21 heteroatoms. The summed E-state index contributed by atoms with van der Waals surface area (Å²) in [5, 5.41) is 0.335. The summed E-state index contributed by atoms with van der Waals surface area (Å²) in [5.41, 5.74) is -0.0610. The number of hydrogen-bond donors (Lipinski definition) is 0. The fourth-order valence-electron chi connectivity index (χ4n) is 5.84. The van der Waals surface area contributed by atoms with Crippen molar-refractivity contribution in [1.82, 2.24) is 5.06 Å². The molecule has 0 aromatic heterocycles. The van der Waals surface area contributed by atoms with Crippen LogP contribution in [0.15, 0.2) is 24.3 Å². The van der Waals surface area contributed by atoms with E-state index in [1.54, 1.807) is 0 Å². The average Bonchev–Trinajstić information content (AvgIpc) is 3.31. The molecule has 2 saturated heterocycles. The minimum absolute atomic E-state index is 0.0305. The van der Waals surface area contributed by atoms with Crippen LogP contribution in [0.3, 0.4) is 0 Å². The van der Waals surface area contributed by atoms with Crippen LogP contribution >= 0.6 is 0 Å². The van der Waals surface area contributed by atoms with Gasteiger partial charge in [-0.1, -0.05) is 12.1 Å². The maximum atomic E-state index is 13.2. The molecule has 0 radical (unpaired) electrons. The Balaban J connectivity index is 1.75. The van der Waals surface area contributed by atoms with Gasteiger partial charge in [0.25, 0.3) is 11.8 Å². The zero-order chi connectivity index (χ0) is 40.0. The minimum Gasteiger partial charge on any atom is -0.467 e. The van der Waals surface area contributed by atoms with Crippen LogP contribution in [0.1, 0.15) is 62.3 Å². The standard InChI is InChI=1S/C33H37NO20/c1-13(35)46-22-21(12-45-32-27(50-17(5)39)25(49-16(4)38)24(48-15(3)37)26(53-32)31(43)44-7)52-33(28(51-18(6)40)23(22)47-14(2)36)54-34-29(41)19-10-8-9-11-20(19)30(34)42/h8-11,21-28,32-33H,12H2,1-7H3/t21-,22+,23+,24+,25+,26?,27-,28-,32?,33+/m1/s1. The largest absolute Gasteiger partial charge is 0.467 e. The quantitative estimate of drug-likeness (QED) is 0.147. The molecule has 21 nitrogen and oxygen atoms in total. The van der Waals surface area contributed by atoms with Gasteiger partial charge in [0, 0.05) is 41.5 Å². The summed E-state index contributed by atoms with van der Waals surface area (Å²) in [7, 11) is 0.980. The second-order valence-electron chi connectivity index (χ2n) is 11.8. The summed E-state index contributed by atoms with van der Waals surface area (Å²) < 4.78 is 54.6. The average molecular weight is 768 g/mol. The van der Waals surface area contributed by atoms with Gasteiger partial charge >= 0.3 is 41.8 Å². The van der Waals surface area contributed by atoms with Crippen molar-refractivity contribution in [3.8, 4) is 0 Å². The number of imide groups is 1. The van der Waals surface area contributed by atoms with Gasteiger partial charge in [-0.05, 0) is 12.1 Å². The molecule has 294 valence electrons. The molecule has 3 aliphatic heterocycles. The zero-order valence-corrected chi connectivity index (χ0v) is 29.9. The molecule has 1 aromatic carbocycles. The van der Waals surface area contributed by atoms with E-state index in [9.17, 15) is 43.2 Å². The highest BCUT2D eigenvalue weighted by molar-refractivity contribution is 6.20. The first-order valence-electron chi connectivity index (χ1n) is 16.1. The first-order chi connectivity index (χ1) is 25.4. The summed E-state index contributed by atoms with van der Waals surface area (Å²) in [6.07, 6.45) is -17.8. The lowest BCUT2D eigenvalue weighted by Gasteiger charge is -2.46. The van der Waals surface area contributed by atoms with E-state index in [0.717, 1.165) is 48.7 Å². The summed E-state index contributed by atoms with van der Waals surface area (Å²) in [4.78, 5) is 118. The number of carbonyl (C=O) groups is 9. The molecule has 0 spiro atoms. The number of amides is 2. The molecule has 10 atom stereocenters. The number of methoxy groups -OCH3 is 1. The van der Waals surface area contributed by atoms with Gasteiger partial charge in [-0.3, -0.25) is 38.4 Å². The first-order valence-corrected chi connectivity index (χ1v) is 16.1. The van der Waals surface area contributed by atoms with E-state index in [1.807, 2.05) is 0 Å². The number of ether oxygens (including phenoxy) is 10. The zero-order valence-electron chi connectivity index (χ0n) is 29.9. The topological polar surface area (TPSA) is 258 Å². The van der Waals surface area contributed by atoms with Crippen molar-refractivity contribution in [2.45, 2.75) is 103 Å². The van der Waals surface area contributed by atoms with Crippen LogP contribution in [-0.4, -0.2) is 134 Å². The van der Waals surface area contributed by atoms with E-state index in [2.05, 4.69) is 0 Å². The van der Waals surface area contributed by atoms with Crippen molar-refractivity contribution < 1.29 is 95.4 Å². The van der Waals surface area contributed by atoms with Gasteiger partial charge in [0.1, 0.15) is 6.10 Å². The third-order valence-electron chi connectivity index (χ3n) is 7.72. The number of carbonyl (C=O) groups excluding carboxylic acids is 9. The molecule has 4 rings (SSSR count). The van der Waals surface area contributed by atoms with Crippen LogP contribution in [0.4, 0.5) is 0 Å². The molecule has 1 aromatic rings.